The second-order valence-corrected chi connectivity index (χ2v) is 4.81. The van der Waals surface area contributed by atoms with E-state index in [0.29, 0.717) is 6.61 Å². The Hall–Kier alpha value is -0.550. The highest BCUT2D eigenvalue weighted by molar-refractivity contribution is 7.26. The Bertz CT molecular complexity index is 253. The first-order valence-electron chi connectivity index (χ1n) is 5.32. The van der Waals surface area contributed by atoms with Gasteiger partial charge in [-0.15, -0.1) is 0 Å². The summed E-state index contributed by atoms with van der Waals surface area (Å²) >= 11 is 0. The van der Waals surface area contributed by atoms with Crippen LogP contribution in [0.15, 0.2) is 0 Å². The molecule has 1 N–H and O–H groups in total. The molecule has 17 heavy (non-hydrogen) atoms. The zero-order valence-electron chi connectivity index (χ0n) is 10.4. The average molecular weight is 267 g/mol. The Balaban J connectivity index is 3.62. The van der Waals surface area contributed by atoms with Crippen LogP contribution in [0.1, 0.15) is 27.2 Å². The topological polar surface area (TPSA) is 82.1 Å². The summed E-state index contributed by atoms with van der Waals surface area (Å²) < 4.78 is 15.0. The summed E-state index contributed by atoms with van der Waals surface area (Å²) in [7, 11) is -0.805. The molecule has 1 unspecified atom stereocenters. The van der Waals surface area contributed by atoms with E-state index in [0.717, 1.165) is 6.42 Å². The number of ether oxygens (including phenoxy) is 1. The third-order valence-corrected chi connectivity index (χ3v) is 2.66. The second-order valence-electron chi connectivity index (χ2n) is 3.95. The van der Waals surface area contributed by atoms with Crippen LogP contribution in [0.5, 0.6) is 0 Å². The summed E-state index contributed by atoms with van der Waals surface area (Å²) in [6, 6.07) is 0. The number of rotatable bonds is 10. The number of hydrogen-bond acceptors (Lipinski definition) is 5. The largest absolute Gasteiger partial charge is 0.481 e. The summed E-state index contributed by atoms with van der Waals surface area (Å²) in [5.41, 5.74) is -1.42. The molecule has 0 aromatic heterocycles. The van der Waals surface area contributed by atoms with E-state index < -0.39 is 26.2 Å². The van der Waals surface area contributed by atoms with E-state index in [2.05, 4.69) is 0 Å². The highest BCUT2D eigenvalue weighted by Crippen LogP contribution is 2.20. The zero-order chi connectivity index (χ0) is 13.3. The molecule has 100 valence electrons. The van der Waals surface area contributed by atoms with Crippen molar-refractivity contribution < 1.29 is 28.5 Å². The molecule has 0 bridgehead atoms. The smallest absolute Gasteiger partial charge is 0.316 e. The van der Waals surface area contributed by atoms with E-state index in [1.165, 1.54) is 13.8 Å². The van der Waals surface area contributed by atoms with Gasteiger partial charge in [0.1, 0.15) is 5.41 Å². The van der Waals surface area contributed by atoms with Crippen LogP contribution in [0.25, 0.3) is 0 Å². The second kappa shape index (κ2) is 8.53. The molecule has 0 aromatic carbocycles. The summed E-state index contributed by atoms with van der Waals surface area (Å²) in [6.07, 6.45) is 0.908. The van der Waals surface area contributed by atoms with Crippen molar-refractivity contribution in [2.75, 3.05) is 20.0 Å². The molecule has 0 aliphatic heterocycles. The minimum atomic E-state index is -1.42. The predicted octanol–water partition coefficient (Wildman–Crippen LogP) is 1.32. The zero-order valence-corrected chi connectivity index (χ0v) is 11.5. The molecule has 0 saturated carbocycles. The van der Waals surface area contributed by atoms with E-state index in [1.807, 2.05) is 6.92 Å². The monoisotopic (exact) mass is 267 g/mol. The molecule has 0 spiro atoms. The standard InChI is InChI=1S/C10H19O6P/c1-4-5-14-7-16-17-15-6-8(11)10(2,3)9(12)13/h4-7,17H2,1-3H3/p+1. The summed E-state index contributed by atoms with van der Waals surface area (Å²) in [5, 5.41) is 8.79. The highest BCUT2D eigenvalue weighted by atomic mass is 31.1. The van der Waals surface area contributed by atoms with Gasteiger partial charge < -0.3 is 9.84 Å². The number of hydrogen-bond donors (Lipinski definition) is 1. The van der Waals surface area contributed by atoms with Crippen molar-refractivity contribution in [2.24, 2.45) is 5.41 Å². The first-order valence-corrected chi connectivity index (χ1v) is 6.26. The van der Waals surface area contributed by atoms with E-state index in [-0.39, 0.29) is 13.4 Å². The van der Waals surface area contributed by atoms with E-state index in [4.69, 9.17) is 18.9 Å². The molecule has 0 aliphatic carbocycles. The van der Waals surface area contributed by atoms with Crippen LogP contribution in [-0.2, 0) is 23.4 Å². The number of carboxylic acid groups (broad SMARTS) is 1. The van der Waals surface area contributed by atoms with E-state index in [9.17, 15) is 9.59 Å². The van der Waals surface area contributed by atoms with Crippen molar-refractivity contribution in [3.63, 3.8) is 0 Å². The fourth-order valence-corrected chi connectivity index (χ4v) is 1.20. The van der Waals surface area contributed by atoms with Gasteiger partial charge >= 0.3 is 5.97 Å². The molecule has 6 nitrogen and oxygen atoms in total. The summed E-state index contributed by atoms with van der Waals surface area (Å²) in [5.74, 6) is -1.64. The molecule has 1 atom stereocenters. The Morgan fingerprint density at radius 2 is 1.94 bits per heavy atom. The molecule has 0 saturated heterocycles. The quantitative estimate of drug-likeness (QED) is 0.278. The fraction of sp³-hybridized carbons (Fsp3) is 0.800. The summed E-state index contributed by atoms with van der Waals surface area (Å²) in [6.45, 7) is 5.19. The average Bonchev–Trinajstić information content (AvgIpc) is 2.27. The van der Waals surface area contributed by atoms with Gasteiger partial charge in [-0.2, -0.15) is 4.52 Å². The summed E-state index contributed by atoms with van der Waals surface area (Å²) in [4.78, 5) is 22.2. The molecular formula is C10H20O6P+. The lowest BCUT2D eigenvalue weighted by molar-refractivity contribution is -0.153. The van der Waals surface area contributed by atoms with Crippen molar-refractivity contribution in [1.29, 1.82) is 0 Å². The fourth-order valence-electron chi connectivity index (χ4n) is 0.737. The van der Waals surface area contributed by atoms with Gasteiger partial charge in [0.2, 0.25) is 0 Å². The molecule has 7 heteroatoms. The van der Waals surface area contributed by atoms with Gasteiger partial charge in [0.05, 0.1) is 0 Å². The van der Waals surface area contributed by atoms with Crippen molar-refractivity contribution in [1.82, 2.24) is 0 Å². The van der Waals surface area contributed by atoms with Gasteiger partial charge in [-0.3, -0.25) is 9.59 Å². The number of carboxylic acids is 1. The van der Waals surface area contributed by atoms with E-state index in [1.54, 1.807) is 0 Å². The lowest BCUT2D eigenvalue weighted by Crippen LogP contribution is -2.35. The maximum absolute atomic E-state index is 11.5. The lowest BCUT2D eigenvalue weighted by atomic mass is 9.89. The van der Waals surface area contributed by atoms with Crippen molar-refractivity contribution in [2.45, 2.75) is 27.2 Å². The van der Waals surface area contributed by atoms with Crippen LogP contribution >= 0.6 is 9.03 Å². The predicted molar refractivity (Wildman–Crippen MR) is 64.3 cm³/mol. The van der Waals surface area contributed by atoms with Gasteiger partial charge in [0.25, 0.3) is 9.03 Å². The number of carbonyl (C=O) groups is 2. The lowest BCUT2D eigenvalue weighted by Gasteiger charge is -2.15. The molecule has 0 amide bonds. The highest BCUT2D eigenvalue weighted by Gasteiger charge is 2.36. The van der Waals surface area contributed by atoms with Gasteiger partial charge in [0.15, 0.2) is 19.2 Å². The minimum Gasteiger partial charge on any atom is -0.481 e. The van der Waals surface area contributed by atoms with Crippen LogP contribution in [-0.4, -0.2) is 36.9 Å². The molecule has 0 rings (SSSR count). The van der Waals surface area contributed by atoms with Crippen molar-refractivity contribution in [3.8, 4) is 0 Å². The van der Waals surface area contributed by atoms with Crippen LogP contribution in [0.4, 0.5) is 0 Å². The Morgan fingerprint density at radius 1 is 1.29 bits per heavy atom. The number of ketones is 1. The Morgan fingerprint density at radius 3 is 2.47 bits per heavy atom. The number of aliphatic carboxylic acids is 1. The SMILES string of the molecule is CCCOCO[PH2+]OCC(=O)C(C)(C)C(=O)O. The van der Waals surface area contributed by atoms with Gasteiger partial charge in [-0.05, 0) is 20.3 Å². The Labute approximate surface area is 103 Å². The van der Waals surface area contributed by atoms with Gasteiger partial charge in [0, 0.05) is 6.61 Å². The maximum atomic E-state index is 11.5. The first-order chi connectivity index (χ1) is 7.92. The Kier molecular flexibility index (Phi) is 8.25. The third kappa shape index (κ3) is 6.68. The molecule has 0 aliphatic rings. The third-order valence-electron chi connectivity index (χ3n) is 2.08. The van der Waals surface area contributed by atoms with Gasteiger partial charge in [-0.25, -0.2) is 4.52 Å². The number of Topliss-reactive ketones (excluding diaryl/α,β-unsaturated/α-hetero) is 1. The van der Waals surface area contributed by atoms with Crippen molar-refractivity contribution in [3.05, 3.63) is 0 Å². The van der Waals surface area contributed by atoms with Gasteiger partial charge in [-0.1, -0.05) is 6.92 Å². The maximum Gasteiger partial charge on any atom is 0.316 e. The van der Waals surface area contributed by atoms with Crippen LogP contribution < -0.4 is 0 Å². The first kappa shape index (κ1) is 16.4. The van der Waals surface area contributed by atoms with Crippen molar-refractivity contribution >= 4 is 20.8 Å². The minimum absolute atomic E-state index is 0.139. The molecule has 0 heterocycles. The molecule has 0 radical (unpaired) electrons. The normalized spacial score (nSPS) is 12.2. The number of carbonyl (C=O) groups excluding carboxylic acids is 1. The molecule has 0 fully saturated rings. The molecular weight excluding hydrogens is 247 g/mol. The van der Waals surface area contributed by atoms with Crippen LogP contribution in [0, 0.1) is 5.41 Å². The molecule has 0 aromatic rings. The van der Waals surface area contributed by atoms with Crippen LogP contribution in [0.2, 0.25) is 0 Å². The van der Waals surface area contributed by atoms with Crippen LogP contribution in [0.3, 0.4) is 0 Å². The van der Waals surface area contributed by atoms with E-state index >= 15 is 0 Å².